The number of halogens is 1. The van der Waals surface area contributed by atoms with Crippen molar-refractivity contribution >= 4 is 11.0 Å². The van der Waals surface area contributed by atoms with Gasteiger partial charge >= 0.3 is 0 Å². The molecule has 5 heteroatoms. The Morgan fingerprint density at radius 2 is 2.05 bits per heavy atom. The topological polar surface area (TPSA) is 50.8 Å². The van der Waals surface area contributed by atoms with Gasteiger partial charge in [-0.2, -0.15) is 5.26 Å². The fourth-order valence-electron chi connectivity index (χ4n) is 2.33. The third-order valence-electron chi connectivity index (χ3n) is 3.42. The van der Waals surface area contributed by atoms with Crippen molar-refractivity contribution in [3.63, 3.8) is 0 Å². The van der Waals surface area contributed by atoms with Gasteiger partial charge in [-0.05, 0) is 36.4 Å². The number of aryl methyl sites for hydroxylation is 1. The number of imidazole rings is 1. The van der Waals surface area contributed by atoms with Gasteiger partial charge in [0.15, 0.2) is 11.6 Å². The first-order valence-electron chi connectivity index (χ1n) is 6.34. The maximum atomic E-state index is 13.5. The van der Waals surface area contributed by atoms with Gasteiger partial charge < -0.3 is 9.30 Å². The van der Waals surface area contributed by atoms with Crippen LogP contribution >= 0.6 is 0 Å². The van der Waals surface area contributed by atoms with Crippen molar-refractivity contribution < 1.29 is 9.13 Å². The highest BCUT2D eigenvalue weighted by Gasteiger charge is 2.12. The van der Waals surface area contributed by atoms with E-state index in [1.807, 2.05) is 17.7 Å². The van der Waals surface area contributed by atoms with Crippen LogP contribution in [-0.2, 0) is 7.05 Å². The van der Waals surface area contributed by atoms with Crippen molar-refractivity contribution in [2.24, 2.45) is 7.05 Å². The molecule has 0 aliphatic rings. The summed E-state index contributed by atoms with van der Waals surface area (Å²) in [5, 5.41) is 8.95. The van der Waals surface area contributed by atoms with E-state index in [-0.39, 0.29) is 5.75 Å². The maximum absolute atomic E-state index is 13.5. The summed E-state index contributed by atoms with van der Waals surface area (Å²) in [7, 11) is 3.31. The summed E-state index contributed by atoms with van der Waals surface area (Å²) in [5.74, 6) is 0.461. The van der Waals surface area contributed by atoms with Crippen molar-refractivity contribution in [2.75, 3.05) is 7.11 Å². The zero-order chi connectivity index (χ0) is 15.0. The van der Waals surface area contributed by atoms with Gasteiger partial charge in [-0.1, -0.05) is 0 Å². The zero-order valence-electron chi connectivity index (χ0n) is 11.6. The third kappa shape index (κ3) is 2.11. The molecule has 0 radical (unpaired) electrons. The molecule has 104 valence electrons. The molecule has 0 saturated carbocycles. The normalized spacial score (nSPS) is 10.6. The first-order valence-corrected chi connectivity index (χ1v) is 6.34. The fourth-order valence-corrected chi connectivity index (χ4v) is 2.33. The molecule has 0 fully saturated rings. The SMILES string of the molecule is COc1cc(-c2nc3cc(C#N)ccc3n2C)ccc1F. The van der Waals surface area contributed by atoms with Crippen LogP contribution in [0.4, 0.5) is 4.39 Å². The minimum atomic E-state index is -0.410. The first kappa shape index (κ1) is 13.1. The Bertz CT molecular complexity index is 877. The van der Waals surface area contributed by atoms with E-state index in [2.05, 4.69) is 11.1 Å². The summed E-state index contributed by atoms with van der Waals surface area (Å²) in [5.41, 5.74) is 2.96. The van der Waals surface area contributed by atoms with Gasteiger partial charge in [0.1, 0.15) is 5.82 Å². The van der Waals surface area contributed by atoms with Crippen LogP contribution in [-0.4, -0.2) is 16.7 Å². The minimum absolute atomic E-state index is 0.178. The lowest BCUT2D eigenvalue weighted by Crippen LogP contribution is -1.94. The smallest absolute Gasteiger partial charge is 0.165 e. The van der Waals surface area contributed by atoms with Crippen LogP contribution in [0.5, 0.6) is 5.75 Å². The number of nitrogens with zero attached hydrogens (tertiary/aromatic N) is 3. The van der Waals surface area contributed by atoms with E-state index in [0.29, 0.717) is 11.4 Å². The van der Waals surface area contributed by atoms with Crippen molar-refractivity contribution in [3.8, 4) is 23.2 Å². The Labute approximate surface area is 121 Å². The number of aromatic nitrogens is 2. The molecule has 3 rings (SSSR count). The van der Waals surface area contributed by atoms with E-state index in [9.17, 15) is 4.39 Å². The average molecular weight is 281 g/mol. The van der Waals surface area contributed by atoms with Crippen molar-refractivity contribution in [2.45, 2.75) is 0 Å². The Hall–Kier alpha value is -2.87. The number of hydrogen-bond acceptors (Lipinski definition) is 3. The second-order valence-corrected chi connectivity index (χ2v) is 4.66. The fraction of sp³-hybridized carbons (Fsp3) is 0.125. The van der Waals surface area contributed by atoms with E-state index in [1.54, 1.807) is 24.3 Å². The van der Waals surface area contributed by atoms with Crippen LogP contribution < -0.4 is 4.74 Å². The molecule has 1 aromatic heterocycles. The molecule has 0 amide bonds. The van der Waals surface area contributed by atoms with Crippen LogP contribution in [0.15, 0.2) is 36.4 Å². The van der Waals surface area contributed by atoms with E-state index in [0.717, 1.165) is 16.6 Å². The lowest BCUT2D eigenvalue weighted by Gasteiger charge is -2.06. The van der Waals surface area contributed by atoms with Crippen LogP contribution in [0.3, 0.4) is 0 Å². The molecule has 0 atom stereocenters. The van der Waals surface area contributed by atoms with Gasteiger partial charge in [0.2, 0.25) is 0 Å². The molecule has 4 nitrogen and oxygen atoms in total. The highest BCUT2D eigenvalue weighted by molar-refractivity contribution is 5.82. The summed E-state index contributed by atoms with van der Waals surface area (Å²) in [6, 6.07) is 12.1. The molecule has 0 saturated heterocycles. The molecular weight excluding hydrogens is 269 g/mol. The third-order valence-corrected chi connectivity index (χ3v) is 3.42. The van der Waals surface area contributed by atoms with Crippen LogP contribution in [0.2, 0.25) is 0 Å². The molecular formula is C16H12FN3O. The molecule has 0 unspecified atom stereocenters. The van der Waals surface area contributed by atoms with Gasteiger partial charge in [-0.3, -0.25) is 0 Å². The Morgan fingerprint density at radius 3 is 2.76 bits per heavy atom. The van der Waals surface area contributed by atoms with Crippen LogP contribution in [0, 0.1) is 17.1 Å². The van der Waals surface area contributed by atoms with E-state index in [1.165, 1.54) is 13.2 Å². The number of ether oxygens (including phenoxy) is 1. The van der Waals surface area contributed by atoms with Gasteiger partial charge in [0.25, 0.3) is 0 Å². The molecule has 21 heavy (non-hydrogen) atoms. The lowest BCUT2D eigenvalue weighted by atomic mass is 10.2. The molecule has 0 bridgehead atoms. The summed E-state index contributed by atoms with van der Waals surface area (Å²) in [6.45, 7) is 0. The van der Waals surface area contributed by atoms with Crippen molar-refractivity contribution in [3.05, 3.63) is 47.8 Å². The van der Waals surface area contributed by atoms with Crippen molar-refractivity contribution in [1.82, 2.24) is 9.55 Å². The minimum Gasteiger partial charge on any atom is -0.494 e. The molecule has 0 aliphatic heterocycles. The van der Waals surface area contributed by atoms with Crippen molar-refractivity contribution in [1.29, 1.82) is 5.26 Å². The number of hydrogen-bond donors (Lipinski definition) is 0. The van der Waals surface area contributed by atoms with Gasteiger partial charge in [0, 0.05) is 12.6 Å². The molecule has 3 aromatic rings. The van der Waals surface area contributed by atoms with E-state index in [4.69, 9.17) is 10.00 Å². The van der Waals surface area contributed by atoms with Gasteiger partial charge in [-0.25, -0.2) is 9.37 Å². The Morgan fingerprint density at radius 1 is 1.24 bits per heavy atom. The summed E-state index contributed by atoms with van der Waals surface area (Å²) >= 11 is 0. The highest BCUT2D eigenvalue weighted by atomic mass is 19.1. The highest BCUT2D eigenvalue weighted by Crippen LogP contribution is 2.28. The number of fused-ring (bicyclic) bond motifs is 1. The Balaban J connectivity index is 2.21. The number of rotatable bonds is 2. The van der Waals surface area contributed by atoms with Crippen LogP contribution in [0.1, 0.15) is 5.56 Å². The second-order valence-electron chi connectivity index (χ2n) is 4.66. The molecule has 0 N–H and O–H groups in total. The monoisotopic (exact) mass is 281 g/mol. The predicted octanol–water partition coefficient (Wildman–Crippen LogP) is 3.26. The zero-order valence-corrected chi connectivity index (χ0v) is 11.6. The number of methoxy groups -OCH3 is 1. The molecule has 1 heterocycles. The van der Waals surface area contributed by atoms with Gasteiger partial charge in [-0.15, -0.1) is 0 Å². The summed E-state index contributed by atoms with van der Waals surface area (Å²) in [6.07, 6.45) is 0. The molecule has 2 aromatic carbocycles. The number of benzene rings is 2. The largest absolute Gasteiger partial charge is 0.494 e. The Kier molecular flexibility index (Phi) is 3.07. The lowest BCUT2D eigenvalue weighted by molar-refractivity contribution is 0.386. The predicted molar refractivity (Wildman–Crippen MR) is 77.4 cm³/mol. The van der Waals surface area contributed by atoms with E-state index >= 15 is 0 Å². The summed E-state index contributed by atoms with van der Waals surface area (Å²) in [4.78, 5) is 4.53. The first-order chi connectivity index (χ1) is 10.1. The maximum Gasteiger partial charge on any atom is 0.165 e. The standard InChI is InChI=1S/C16H12FN3O/c1-20-14-6-3-10(9-18)7-13(14)19-16(20)11-4-5-12(17)15(8-11)21-2/h3-8H,1-2H3. The van der Waals surface area contributed by atoms with Crippen LogP contribution in [0.25, 0.3) is 22.4 Å². The van der Waals surface area contributed by atoms with Gasteiger partial charge in [0.05, 0.1) is 29.8 Å². The quantitative estimate of drug-likeness (QED) is 0.724. The number of nitriles is 1. The van der Waals surface area contributed by atoms with E-state index < -0.39 is 5.82 Å². The second kappa shape index (κ2) is 4.91. The molecule has 0 aliphatic carbocycles. The summed E-state index contributed by atoms with van der Waals surface area (Å²) < 4.78 is 20.4. The molecule has 0 spiro atoms. The average Bonchev–Trinajstić information content (AvgIpc) is 2.84.